The van der Waals surface area contributed by atoms with Crippen LogP contribution in [0.15, 0.2) is 36.8 Å². The minimum absolute atomic E-state index is 0.0159. The summed E-state index contributed by atoms with van der Waals surface area (Å²) in [5.41, 5.74) is 1.95. The summed E-state index contributed by atoms with van der Waals surface area (Å²) < 4.78 is 44.5. The Kier molecular flexibility index (Phi) is 6.50. The molecule has 2 N–H and O–H groups in total. The zero-order chi connectivity index (χ0) is 26.2. The molecule has 2 saturated heterocycles. The first kappa shape index (κ1) is 24.4. The summed E-state index contributed by atoms with van der Waals surface area (Å²) in [5.74, 6) is -2.47. The average molecular weight is 524 g/mol. The van der Waals surface area contributed by atoms with Crippen LogP contribution >= 0.6 is 0 Å². The van der Waals surface area contributed by atoms with Gasteiger partial charge in [0.25, 0.3) is 5.91 Å². The number of fused-ring (bicyclic) bond motifs is 1. The van der Waals surface area contributed by atoms with E-state index in [1.54, 1.807) is 12.3 Å². The van der Waals surface area contributed by atoms with Gasteiger partial charge in [-0.2, -0.15) is 5.10 Å². The van der Waals surface area contributed by atoms with E-state index >= 15 is 0 Å². The topological polar surface area (TPSA) is 108 Å². The van der Waals surface area contributed by atoms with E-state index in [9.17, 15) is 13.6 Å². The van der Waals surface area contributed by atoms with Crippen molar-refractivity contribution in [3.63, 3.8) is 0 Å². The summed E-state index contributed by atoms with van der Waals surface area (Å²) in [6.45, 7) is 2.90. The fourth-order valence-electron chi connectivity index (χ4n) is 4.94. The SMILES string of the molecule is CNC(=O)c1cc(F)c(F)c(-c2cnc3cc(-c4cnn(C5CCNCC5)c4)c(O[C@H]4CCOC4)nn23)c1. The predicted octanol–water partition coefficient (Wildman–Crippen LogP) is 2.99. The van der Waals surface area contributed by atoms with Gasteiger partial charge < -0.3 is 20.1 Å². The van der Waals surface area contributed by atoms with Gasteiger partial charge in [0.2, 0.25) is 5.88 Å². The van der Waals surface area contributed by atoms with Crippen LogP contribution in [-0.4, -0.2) is 69.7 Å². The number of aromatic nitrogens is 5. The summed E-state index contributed by atoms with van der Waals surface area (Å²) in [4.78, 5) is 16.6. The Labute approximate surface area is 217 Å². The maximum Gasteiger partial charge on any atom is 0.251 e. The van der Waals surface area contributed by atoms with Crippen molar-refractivity contribution in [3.05, 3.63) is 54.0 Å². The predicted molar refractivity (Wildman–Crippen MR) is 134 cm³/mol. The molecule has 0 radical (unpaired) electrons. The highest BCUT2D eigenvalue weighted by atomic mass is 19.2. The van der Waals surface area contributed by atoms with Gasteiger partial charge in [0.15, 0.2) is 17.3 Å². The van der Waals surface area contributed by atoms with Crippen molar-refractivity contribution in [1.82, 2.24) is 35.0 Å². The van der Waals surface area contributed by atoms with Crippen LogP contribution in [0.2, 0.25) is 0 Å². The number of piperidine rings is 1. The Hall–Kier alpha value is -3.90. The maximum atomic E-state index is 15.0. The molecule has 12 heteroatoms. The first-order valence-electron chi connectivity index (χ1n) is 12.6. The number of imidazole rings is 1. The number of rotatable bonds is 6. The van der Waals surface area contributed by atoms with Gasteiger partial charge in [0, 0.05) is 36.4 Å². The van der Waals surface area contributed by atoms with Crippen molar-refractivity contribution in [2.45, 2.75) is 31.4 Å². The van der Waals surface area contributed by atoms with Gasteiger partial charge in [-0.1, -0.05) is 0 Å². The van der Waals surface area contributed by atoms with Crippen LogP contribution < -0.4 is 15.4 Å². The van der Waals surface area contributed by atoms with Gasteiger partial charge in [-0.15, -0.1) is 5.10 Å². The molecule has 38 heavy (non-hydrogen) atoms. The third kappa shape index (κ3) is 4.50. The van der Waals surface area contributed by atoms with Crippen molar-refractivity contribution in [2.24, 2.45) is 0 Å². The molecule has 198 valence electrons. The lowest BCUT2D eigenvalue weighted by molar-refractivity contribution is 0.0962. The van der Waals surface area contributed by atoms with Gasteiger partial charge >= 0.3 is 0 Å². The first-order chi connectivity index (χ1) is 18.5. The zero-order valence-corrected chi connectivity index (χ0v) is 20.8. The standard InChI is InChI=1S/C26H27F2N7O3/c1-29-25(36)15-8-20(24(28)21(27)9-15)22-12-31-23-10-19(26(33-35(22)23)38-18-4-7-37-14-18)16-11-32-34(13-16)17-2-5-30-6-3-17/h8-13,17-18,30H,2-7,14H2,1H3,(H,29,36)/t18-/m0/s1. The molecule has 10 nitrogen and oxygen atoms in total. The number of halogens is 2. The lowest BCUT2D eigenvalue weighted by atomic mass is 10.1. The van der Waals surface area contributed by atoms with Crippen molar-refractivity contribution in [1.29, 1.82) is 0 Å². The number of hydrogen-bond donors (Lipinski definition) is 2. The fourth-order valence-corrected chi connectivity index (χ4v) is 4.94. The average Bonchev–Trinajstić information content (AvgIpc) is 3.71. The van der Waals surface area contributed by atoms with E-state index in [2.05, 4.69) is 25.8 Å². The number of nitrogens with one attached hydrogen (secondary N) is 2. The van der Waals surface area contributed by atoms with Crippen LogP contribution in [0.4, 0.5) is 8.78 Å². The fraction of sp³-hybridized carbons (Fsp3) is 0.385. The van der Waals surface area contributed by atoms with E-state index in [-0.39, 0.29) is 22.9 Å². The van der Waals surface area contributed by atoms with Crippen LogP contribution in [0.5, 0.6) is 5.88 Å². The number of amides is 1. The van der Waals surface area contributed by atoms with Crippen LogP contribution in [-0.2, 0) is 4.74 Å². The Bertz CT molecular complexity index is 1490. The number of nitrogens with zero attached hydrogens (tertiary/aromatic N) is 5. The van der Waals surface area contributed by atoms with E-state index in [1.807, 2.05) is 10.9 Å². The van der Waals surface area contributed by atoms with Crippen LogP contribution in [0.3, 0.4) is 0 Å². The molecule has 1 aromatic carbocycles. The van der Waals surface area contributed by atoms with Crippen molar-refractivity contribution >= 4 is 11.6 Å². The molecule has 3 aromatic heterocycles. The highest BCUT2D eigenvalue weighted by Crippen LogP contribution is 2.34. The molecule has 0 spiro atoms. The second-order valence-electron chi connectivity index (χ2n) is 9.47. The smallest absolute Gasteiger partial charge is 0.251 e. The number of carbonyl (C=O) groups is 1. The van der Waals surface area contributed by atoms with Gasteiger partial charge in [0.05, 0.1) is 42.9 Å². The third-order valence-corrected chi connectivity index (χ3v) is 7.01. The maximum absolute atomic E-state index is 15.0. The van der Waals surface area contributed by atoms with Crippen LogP contribution in [0.25, 0.3) is 28.0 Å². The molecule has 0 bridgehead atoms. The minimum atomic E-state index is -1.14. The highest BCUT2D eigenvalue weighted by molar-refractivity contribution is 5.95. The molecule has 2 fully saturated rings. The van der Waals surface area contributed by atoms with Gasteiger partial charge in [0.1, 0.15) is 6.10 Å². The summed E-state index contributed by atoms with van der Waals surface area (Å²) in [5, 5.41) is 15.1. The number of ether oxygens (including phenoxy) is 2. The normalized spacial score (nSPS) is 18.2. The van der Waals surface area contributed by atoms with Gasteiger partial charge in [-0.05, 0) is 44.1 Å². The second-order valence-corrected chi connectivity index (χ2v) is 9.47. The molecule has 0 unspecified atom stereocenters. The molecule has 5 heterocycles. The van der Waals surface area contributed by atoms with Gasteiger partial charge in [-0.3, -0.25) is 9.48 Å². The molecule has 4 aromatic rings. The lowest BCUT2D eigenvalue weighted by Crippen LogP contribution is -2.29. The van der Waals surface area contributed by atoms with Crippen molar-refractivity contribution < 1.29 is 23.0 Å². The Morgan fingerprint density at radius 2 is 2.00 bits per heavy atom. The summed E-state index contributed by atoms with van der Waals surface area (Å²) in [6, 6.07) is 4.24. The largest absolute Gasteiger partial charge is 0.470 e. The van der Waals surface area contributed by atoms with E-state index in [0.717, 1.165) is 37.6 Å². The number of benzene rings is 1. The minimum Gasteiger partial charge on any atom is -0.470 e. The molecule has 0 aliphatic carbocycles. The van der Waals surface area contributed by atoms with Crippen LogP contribution in [0.1, 0.15) is 35.7 Å². The summed E-state index contributed by atoms with van der Waals surface area (Å²) in [7, 11) is 1.42. The first-order valence-corrected chi connectivity index (χ1v) is 12.6. The van der Waals surface area contributed by atoms with E-state index in [4.69, 9.17) is 9.47 Å². The molecular formula is C26H27F2N7O3. The Balaban J connectivity index is 1.45. The van der Waals surface area contributed by atoms with E-state index in [0.29, 0.717) is 42.8 Å². The summed E-state index contributed by atoms with van der Waals surface area (Å²) >= 11 is 0. The Morgan fingerprint density at radius 3 is 2.76 bits per heavy atom. The number of carbonyl (C=O) groups excluding carboxylic acids is 1. The molecular weight excluding hydrogens is 496 g/mol. The molecule has 0 saturated carbocycles. The molecule has 6 rings (SSSR count). The number of hydrogen-bond acceptors (Lipinski definition) is 7. The molecule has 2 aliphatic rings. The monoisotopic (exact) mass is 523 g/mol. The quantitative estimate of drug-likeness (QED) is 0.400. The summed E-state index contributed by atoms with van der Waals surface area (Å²) in [6.07, 6.45) is 7.64. The highest BCUT2D eigenvalue weighted by Gasteiger charge is 2.25. The van der Waals surface area contributed by atoms with E-state index < -0.39 is 17.5 Å². The molecule has 1 atom stereocenters. The van der Waals surface area contributed by atoms with Crippen LogP contribution in [0, 0.1) is 11.6 Å². The van der Waals surface area contributed by atoms with Gasteiger partial charge in [-0.25, -0.2) is 18.3 Å². The van der Waals surface area contributed by atoms with E-state index in [1.165, 1.54) is 23.8 Å². The molecule has 2 aliphatic heterocycles. The molecule has 1 amide bonds. The second kappa shape index (κ2) is 10.1. The Morgan fingerprint density at radius 1 is 1.16 bits per heavy atom. The lowest BCUT2D eigenvalue weighted by Gasteiger charge is -2.22. The zero-order valence-electron chi connectivity index (χ0n) is 20.8. The van der Waals surface area contributed by atoms with Crippen molar-refractivity contribution in [3.8, 4) is 28.3 Å². The third-order valence-electron chi connectivity index (χ3n) is 7.01. The van der Waals surface area contributed by atoms with Crippen molar-refractivity contribution in [2.75, 3.05) is 33.4 Å².